The number of benzene rings is 2. The largest absolute Gasteiger partial charge is 0.399 e. The van der Waals surface area contributed by atoms with E-state index in [2.05, 4.69) is 79.6 Å². The van der Waals surface area contributed by atoms with Crippen LogP contribution in [0.1, 0.15) is 130 Å². The molecule has 0 bridgehead atoms. The van der Waals surface area contributed by atoms with Gasteiger partial charge >= 0.3 is 0 Å². The van der Waals surface area contributed by atoms with Crippen molar-refractivity contribution in [3.8, 4) is 0 Å². The van der Waals surface area contributed by atoms with Gasteiger partial charge in [0.25, 0.3) is 0 Å². The molecule has 2 aromatic rings. The zero-order valence-corrected chi connectivity index (χ0v) is 31.7. The molecule has 45 heavy (non-hydrogen) atoms. The van der Waals surface area contributed by atoms with Crippen molar-refractivity contribution < 1.29 is 4.39 Å². The van der Waals surface area contributed by atoms with E-state index in [4.69, 9.17) is 5.73 Å². The molecule has 0 aliphatic carbocycles. The second-order valence-electron chi connectivity index (χ2n) is 10.3. The summed E-state index contributed by atoms with van der Waals surface area (Å²) in [6.07, 6.45) is 12.8. The number of unbranched alkanes of at least 4 members (excludes halogenated alkanes) is 1. The lowest BCUT2D eigenvalue weighted by Gasteiger charge is -2.16. The van der Waals surface area contributed by atoms with Crippen molar-refractivity contribution in [1.82, 2.24) is 5.32 Å². The fourth-order valence-corrected chi connectivity index (χ4v) is 3.38. The first-order valence-electron chi connectivity index (χ1n) is 16.6. The lowest BCUT2D eigenvalue weighted by molar-refractivity contribution is 0.626. The molecule has 3 N–H and O–H groups in total. The Bertz CT molecular complexity index is 1180. The summed E-state index contributed by atoms with van der Waals surface area (Å²) in [5.41, 5.74) is 15.4. The minimum absolute atomic E-state index is 0.229. The monoisotopic (exact) mass is 621 g/mol. The average molecular weight is 621 g/mol. The van der Waals surface area contributed by atoms with Crippen LogP contribution in [-0.4, -0.2) is 7.05 Å². The van der Waals surface area contributed by atoms with Crippen LogP contribution in [0.5, 0.6) is 0 Å². The van der Waals surface area contributed by atoms with Gasteiger partial charge < -0.3 is 11.1 Å². The number of aryl methyl sites for hydroxylation is 2. The molecule has 2 aromatic carbocycles. The summed E-state index contributed by atoms with van der Waals surface area (Å²) in [7, 11) is 1.88. The first-order chi connectivity index (χ1) is 21.3. The molecule has 2 nitrogen and oxygen atoms in total. The molecule has 254 valence electrons. The Hall–Kier alpha value is -3.59. The first-order valence-corrected chi connectivity index (χ1v) is 16.6. The van der Waals surface area contributed by atoms with Gasteiger partial charge in [-0.3, -0.25) is 0 Å². The number of nitrogens with one attached hydrogen (secondary N) is 1. The van der Waals surface area contributed by atoms with Crippen molar-refractivity contribution in [2.75, 3.05) is 7.05 Å². The zero-order chi connectivity index (χ0) is 36.0. The number of nitrogens with two attached hydrogens (primary N) is 1. The smallest absolute Gasteiger partial charge is 0.123 e. The number of hydrogen-bond donors (Lipinski definition) is 2. The fourth-order valence-electron chi connectivity index (χ4n) is 3.38. The number of likely N-dealkylation sites (N-methyl/N-ethyl adjacent to an activating group) is 1. The minimum Gasteiger partial charge on any atom is -0.399 e. The molecule has 0 heterocycles. The van der Waals surface area contributed by atoms with E-state index >= 15 is 0 Å². The van der Waals surface area contributed by atoms with Crippen molar-refractivity contribution >= 4 is 16.8 Å². The summed E-state index contributed by atoms with van der Waals surface area (Å²) in [5, 5.41) is 3.28. The van der Waals surface area contributed by atoms with Crippen LogP contribution in [0.3, 0.4) is 0 Å². The normalized spacial score (nSPS) is 10.3. The Morgan fingerprint density at radius 1 is 0.844 bits per heavy atom. The van der Waals surface area contributed by atoms with Gasteiger partial charge in [-0.2, -0.15) is 0 Å². The van der Waals surface area contributed by atoms with Crippen LogP contribution in [0.2, 0.25) is 0 Å². The summed E-state index contributed by atoms with van der Waals surface area (Å²) >= 11 is 0. The van der Waals surface area contributed by atoms with Gasteiger partial charge in [0.15, 0.2) is 0 Å². The summed E-state index contributed by atoms with van der Waals surface area (Å²) in [6.45, 7) is 38.3. The van der Waals surface area contributed by atoms with E-state index < -0.39 is 0 Å². The van der Waals surface area contributed by atoms with Crippen molar-refractivity contribution in [3.63, 3.8) is 0 Å². The van der Waals surface area contributed by atoms with Gasteiger partial charge in [0.1, 0.15) is 5.82 Å². The Kier molecular flexibility index (Phi) is 34.2. The Balaban J connectivity index is -0.000000409. The van der Waals surface area contributed by atoms with E-state index in [0.717, 1.165) is 50.2 Å². The standard InChI is InChI=1S/C25H29FN2.C5H8.C4H10.2C3H8.C2H6/c1-15(2)23(24-13-20(19(6)27)9-8-16(24)3)14-25(28-7)18(5)22-11-10-21(26)12-17(22)4;1-3-5-4-2;1-3-4-2;2*1-3-2;1-2/h8-14,28H,1,6,27H2,2-5,7H3;3-5H,1H2,2H3;3-4H2,1-2H3;2*3H2,1-2H3;1-2H3/b23-14+,25-18+;5-4-;;;;. The maximum Gasteiger partial charge on any atom is 0.123 e. The average Bonchev–Trinajstić information content (AvgIpc) is 3.00. The van der Waals surface area contributed by atoms with E-state index in [1.165, 1.54) is 31.7 Å². The molecular formula is C42H69FN2. The van der Waals surface area contributed by atoms with Crippen molar-refractivity contribution in [2.45, 2.75) is 116 Å². The highest BCUT2D eigenvalue weighted by atomic mass is 19.1. The Labute approximate surface area is 279 Å². The van der Waals surface area contributed by atoms with Crippen LogP contribution < -0.4 is 11.1 Å². The van der Waals surface area contributed by atoms with E-state index in [1.54, 1.807) is 12.1 Å². The maximum absolute atomic E-state index is 13.5. The number of hydrogen-bond acceptors (Lipinski definition) is 2. The summed E-state index contributed by atoms with van der Waals surface area (Å²) in [4.78, 5) is 0. The summed E-state index contributed by atoms with van der Waals surface area (Å²) in [6, 6.07) is 10.9. The van der Waals surface area contributed by atoms with E-state index in [1.807, 2.05) is 85.0 Å². The zero-order valence-electron chi connectivity index (χ0n) is 31.7. The summed E-state index contributed by atoms with van der Waals surface area (Å²) < 4.78 is 13.5. The quantitative estimate of drug-likeness (QED) is 0.288. The number of rotatable bonds is 8. The lowest BCUT2D eigenvalue weighted by Crippen LogP contribution is -2.08. The predicted molar refractivity (Wildman–Crippen MR) is 209 cm³/mol. The molecule has 0 radical (unpaired) electrons. The second kappa shape index (κ2) is 31.8. The Morgan fingerprint density at radius 2 is 1.36 bits per heavy atom. The van der Waals surface area contributed by atoms with E-state index in [0.29, 0.717) is 5.70 Å². The number of allylic oxidation sites excluding steroid dienone is 7. The third-order valence-electron chi connectivity index (χ3n) is 5.74. The van der Waals surface area contributed by atoms with Crippen molar-refractivity contribution in [3.05, 3.63) is 125 Å². The van der Waals surface area contributed by atoms with Gasteiger partial charge in [-0.1, -0.05) is 143 Å². The molecule has 0 amide bonds. The van der Waals surface area contributed by atoms with Gasteiger partial charge in [0.2, 0.25) is 0 Å². The molecular weight excluding hydrogens is 551 g/mol. The molecule has 3 heteroatoms. The molecule has 0 fully saturated rings. The van der Waals surface area contributed by atoms with Gasteiger partial charge in [-0.15, -0.1) is 0 Å². The molecule has 0 aliphatic rings. The fraction of sp³-hybridized carbons (Fsp3) is 0.429. The minimum atomic E-state index is -0.229. The van der Waals surface area contributed by atoms with Crippen LogP contribution in [0.15, 0.2) is 91.7 Å². The van der Waals surface area contributed by atoms with E-state index in [-0.39, 0.29) is 5.82 Å². The van der Waals surface area contributed by atoms with Crippen LogP contribution in [0.25, 0.3) is 16.8 Å². The molecule has 0 spiro atoms. The van der Waals surface area contributed by atoms with Gasteiger partial charge in [0, 0.05) is 18.4 Å². The maximum atomic E-state index is 13.5. The molecule has 0 aromatic heterocycles. The van der Waals surface area contributed by atoms with Gasteiger partial charge in [0.05, 0.1) is 0 Å². The predicted octanol–water partition coefficient (Wildman–Crippen LogP) is 13.4. The SMILES string of the molecule is C=C(C)/C(=C\C(NC)=C(\C)c1ccc(F)cc1C)c1cc(C(=C)N)ccc1C.C=C/C=C\C.CC.CCC.CCC.CCCC. The molecule has 0 atom stereocenters. The van der Waals surface area contributed by atoms with Crippen LogP contribution in [-0.2, 0) is 0 Å². The van der Waals surface area contributed by atoms with Crippen LogP contribution in [0.4, 0.5) is 4.39 Å². The molecule has 0 aliphatic heterocycles. The van der Waals surface area contributed by atoms with Crippen molar-refractivity contribution in [1.29, 1.82) is 0 Å². The van der Waals surface area contributed by atoms with Gasteiger partial charge in [-0.05, 0) is 97.9 Å². The van der Waals surface area contributed by atoms with Crippen molar-refractivity contribution in [2.24, 2.45) is 5.73 Å². The highest BCUT2D eigenvalue weighted by Gasteiger charge is 2.12. The lowest BCUT2D eigenvalue weighted by atomic mass is 9.91. The van der Waals surface area contributed by atoms with E-state index in [9.17, 15) is 4.39 Å². The highest BCUT2D eigenvalue weighted by Crippen LogP contribution is 2.30. The van der Waals surface area contributed by atoms with Gasteiger partial charge in [-0.25, -0.2) is 4.39 Å². The molecule has 0 unspecified atom stereocenters. The number of halogens is 1. The third-order valence-corrected chi connectivity index (χ3v) is 5.74. The second-order valence-corrected chi connectivity index (χ2v) is 10.3. The third kappa shape index (κ3) is 22.6. The summed E-state index contributed by atoms with van der Waals surface area (Å²) in [5.74, 6) is -0.229. The Morgan fingerprint density at radius 3 is 1.69 bits per heavy atom. The topological polar surface area (TPSA) is 38.0 Å². The van der Waals surface area contributed by atoms with Crippen LogP contribution in [0, 0.1) is 19.7 Å². The molecule has 0 saturated heterocycles. The first kappa shape index (κ1) is 48.3. The molecule has 0 saturated carbocycles. The highest BCUT2D eigenvalue weighted by molar-refractivity contribution is 5.85. The van der Waals surface area contributed by atoms with Crippen LogP contribution >= 0.6 is 0 Å². The molecule has 2 rings (SSSR count).